The SMILES string of the molecule is OB(O)c1cc(F)ccc1OCCc1cccnc1. The number of hydrogen-bond acceptors (Lipinski definition) is 4. The Kier molecular flexibility index (Phi) is 4.49. The van der Waals surface area contributed by atoms with Crippen LogP contribution < -0.4 is 10.2 Å². The van der Waals surface area contributed by atoms with Crippen LogP contribution in [-0.2, 0) is 6.42 Å². The van der Waals surface area contributed by atoms with Crippen LogP contribution in [0.5, 0.6) is 5.75 Å². The molecule has 0 spiro atoms. The van der Waals surface area contributed by atoms with E-state index in [1.54, 1.807) is 12.4 Å². The minimum absolute atomic E-state index is 0.0196. The Morgan fingerprint density at radius 1 is 1.26 bits per heavy atom. The zero-order chi connectivity index (χ0) is 13.7. The third-order valence-corrected chi connectivity index (χ3v) is 2.62. The average molecular weight is 261 g/mol. The van der Waals surface area contributed by atoms with Crippen LogP contribution in [0.15, 0.2) is 42.7 Å². The Morgan fingerprint density at radius 2 is 2.11 bits per heavy atom. The largest absolute Gasteiger partial charge is 0.494 e. The van der Waals surface area contributed by atoms with Crippen LogP contribution in [0.3, 0.4) is 0 Å². The van der Waals surface area contributed by atoms with E-state index in [2.05, 4.69) is 4.98 Å². The first-order valence-corrected chi connectivity index (χ1v) is 5.84. The number of halogens is 1. The molecule has 0 fully saturated rings. The van der Waals surface area contributed by atoms with Gasteiger partial charge >= 0.3 is 7.12 Å². The minimum Gasteiger partial charge on any atom is -0.494 e. The summed E-state index contributed by atoms with van der Waals surface area (Å²) in [6.07, 6.45) is 4.05. The number of ether oxygens (including phenoxy) is 1. The van der Waals surface area contributed by atoms with E-state index in [9.17, 15) is 4.39 Å². The van der Waals surface area contributed by atoms with Gasteiger partial charge < -0.3 is 14.8 Å². The van der Waals surface area contributed by atoms with E-state index in [1.807, 2.05) is 12.1 Å². The van der Waals surface area contributed by atoms with Crippen LogP contribution >= 0.6 is 0 Å². The highest BCUT2D eigenvalue weighted by molar-refractivity contribution is 6.59. The molecule has 0 saturated heterocycles. The maximum absolute atomic E-state index is 13.0. The average Bonchev–Trinajstić information content (AvgIpc) is 2.41. The summed E-state index contributed by atoms with van der Waals surface area (Å²) in [5.41, 5.74) is 1.03. The predicted molar refractivity (Wildman–Crippen MR) is 69.7 cm³/mol. The summed E-state index contributed by atoms with van der Waals surface area (Å²) >= 11 is 0. The zero-order valence-corrected chi connectivity index (χ0v) is 10.2. The molecule has 0 radical (unpaired) electrons. The van der Waals surface area contributed by atoms with Crippen molar-refractivity contribution in [1.29, 1.82) is 0 Å². The van der Waals surface area contributed by atoms with Crippen LogP contribution in [0.25, 0.3) is 0 Å². The lowest BCUT2D eigenvalue weighted by molar-refractivity contribution is 0.321. The Morgan fingerprint density at radius 3 is 2.79 bits per heavy atom. The standard InChI is InChI=1S/C13H13BFNO3/c15-11-3-4-13(12(8-11)14(17)18)19-7-5-10-2-1-6-16-9-10/h1-4,6,8-9,17-18H,5,7H2. The van der Waals surface area contributed by atoms with E-state index in [4.69, 9.17) is 14.8 Å². The van der Waals surface area contributed by atoms with Gasteiger partial charge in [0.25, 0.3) is 0 Å². The number of nitrogens with zero attached hydrogens (tertiary/aromatic N) is 1. The molecule has 0 aliphatic carbocycles. The molecule has 0 aliphatic rings. The third kappa shape index (κ3) is 3.77. The molecule has 0 bridgehead atoms. The first kappa shape index (κ1) is 13.5. The van der Waals surface area contributed by atoms with Crippen molar-refractivity contribution >= 4 is 12.6 Å². The van der Waals surface area contributed by atoms with Gasteiger partial charge in [0, 0.05) is 24.3 Å². The topological polar surface area (TPSA) is 62.6 Å². The molecule has 1 aromatic heterocycles. The summed E-state index contributed by atoms with van der Waals surface area (Å²) in [6.45, 7) is 0.344. The second kappa shape index (κ2) is 6.31. The van der Waals surface area contributed by atoms with Crippen molar-refractivity contribution in [3.63, 3.8) is 0 Å². The van der Waals surface area contributed by atoms with Crippen LogP contribution in [0.2, 0.25) is 0 Å². The van der Waals surface area contributed by atoms with Gasteiger partial charge in [0.15, 0.2) is 0 Å². The molecule has 2 aromatic rings. The van der Waals surface area contributed by atoms with Gasteiger partial charge in [-0.2, -0.15) is 0 Å². The van der Waals surface area contributed by atoms with Gasteiger partial charge in [0.1, 0.15) is 11.6 Å². The molecule has 0 saturated carbocycles. The van der Waals surface area contributed by atoms with Crippen LogP contribution in [0.4, 0.5) is 4.39 Å². The molecule has 2 rings (SSSR count). The molecule has 19 heavy (non-hydrogen) atoms. The molecule has 1 heterocycles. The number of benzene rings is 1. The molecule has 0 unspecified atom stereocenters. The Hall–Kier alpha value is -1.92. The molecule has 0 amide bonds. The van der Waals surface area contributed by atoms with Gasteiger partial charge in [0.05, 0.1) is 6.61 Å². The lowest BCUT2D eigenvalue weighted by atomic mass is 9.79. The summed E-state index contributed by atoms with van der Waals surface area (Å²) in [7, 11) is -1.76. The maximum atomic E-state index is 13.0. The molecule has 98 valence electrons. The summed E-state index contributed by atoms with van der Waals surface area (Å²) in [6, 6.07) is 7.39. The van der Waals surface area contributed by atoms with Crippen molar-refractivity contribution in [3.8, 4) is 5.75 Å². The first-order chi connectivity index (χ1) is 9.16. The highest BCUT2D eigenvalue weighted by Crippen LogP contribution is 2.10. The summed E-state index contributed by atoms with van der Waals surface area (Å²) in [5, 5.41) is 18.3. The monoisotopic (exact) mass is 261 g/mol. The summed E-state index contributed by atoms with van der Waals surface area (Å²) in [5.74, 6) is -0.275. The van der Waals surface area contributed by atoms with Crippen molar-refractivity contribution in [3.05, 3.63) is 54.1 Å². The molecule has 0 atom stereocenters. The number of rotatable bonds is 5. The molecule has 0 aliphatic heterocycles. The highest BCUT2D eigenvalue weighted by Gasteiger charge is 2.18. The molecule has 1 aromatic carbocycles. The molecule has 4 nitrogen and oxygen atoms in total. The number of aromatic nitrogens is 1. The molecular formula is C13H13BFNO3. The second-order valence-corrected chi connectivity index (χ2v) is 4.02. The van der Waals surface area contributed by atoms with Crippen LogP contribution in [0.1, 0.15) is 5.56 Å². The smallest absolute Gasteiger partial charge is 0.492 e. The minimum atomic E-state index is -1.76. The van der Waals surface area contributed by atoms with Crippen LogP contribution in [0, 0.1) is 5.82 Å². The first-order valence-electron chi connectivity index (χ1n) is 5.84. The lowest BCUT2D eigenvalue weighted by Gasteiger charge is -2.11. The lowest BCUT2D eigenvalue weighted by Crippen LogP contribution is -2.32. The van der Waals surface area contributed by atoms with Gasteiger partial charge in [-0.05, 0) is 29.8 Å². The number of hydrogen-bond donors (Lipinski definition) is 2. The fourth-order valence-corrected chi connectivity index (χ4v) is 1.68. The van der Waals surface area contributed by atoms with Crippen molar-refractivity contribution in [2.24, 2.45) is 0 Å². The van der Waals surface area contributed by atoms with Crippen molar-refractivity contribution < 1.29 is 19.2 Å². The van der Waals surface area contributed by atoms with E-state index >= 15 is 0 Å². The van der Waals surface area contributed by atoms with Crippen molar-refractivity contribution in [1.82, 2.24) is 4.98 Å². The highest BCUT2D eigenvalue weighted by atomic mass is 19.1. The fourth-order valence-electron chi connectivity index (χ4n) is 1.68. The van der Waals surface area contributed by atoms with Gasteiger partial charge in [-0.25, -0.2) is 4.39 Å². The van der Waals surface area contributed by atoms with Gasteiger partial charge in [0.2, 0.25) is 0 Å². The van der Waals surface area contributed by atoms with Crippen molar-refractivity contribution in [2.45, 2.75) is 6.42 Å². The van der Waals surface area contributed by atoms with Gasteiger partial charge in [-0.15, -0.1) is 0 Å². The van der Waals surface area contributed by atoms with E-state index in [0.717, 1.165) is 11.6 Å². The normalized spacial score (nSPS) is 10.3. The van der Waals surface area contributed by atoms with Gasteiger partial charge in [-0.3, -0.25) is 4.98 Å². The van der Waals surface area contributed by atoms with E-state index in [-0.39, 0.29) is 11.2 Å². The molecule has 2 N–H and O–H groups in total. The third-order valence-electron chi connectivity index (χ3n) is 2.62. The predicted octanol–water partition coefficient (Wildman–Crippen LogP) is 0.522. The Bertz CT molecular complexity index is 537. The van der Waals surface area contributed by atoms with Crippen molar-refractivity contribution in [2.75, 3.05) is 6.61 Å². The van der Waals surface area contributed by atoms with Gasteiger partial charge in [-0.1, -0.05) is 6.07 Å². The quantitative estimate of drug-likeness (QED) is 0.770. The van der Waals surface area contributed by atoms with E-state index in [1.165, 1.54) is 12.1 Å². The molecule has 6 heteroatoms. The van der Waals surface area contributed by atoms with Crippen LogP contribution in [-0.4, -0.2) is 28.8 Å². The fraction of sp³-hybridized carbons (Fsp3) is 0.154. The maximum Gasteiger partial charge on any atom is 0.492 e. The van der Waals surface area contributed by atoms with E-state index in [0.29, 0.717) is 13.0 Å². The summed E-state index contributed by atoms with van der Waals surface area (Å²) in [4.78, 5) is 3.98. The second-order valence-electron chi connectivity index (χ2n) is 4.02. The zero-order valence-electron chi connectivity index (χ0n) is 10.2. The van der Waals surface area contributed by atoms with E-state index < -0.39 is 12.9 Å². The Labute approximate surface area is 110 Å². The Balaban J connectivity index is 2.00. The molecular weight excluding hydrogens is 248 g/mol. The summed E-state index contributed by atoms with van der Waals surface area (Å²) < 4.78 is 18.5. The number of pyridine rings is 1.